The number of carboxylic acid groups (broad SMARTS) is 1. The lowest BCUT2D eigenvalue weighted by Crippen LogP contribution is -2.40. The molecule has 3 aromatic carbocycles. The van der Waals surface area contributed by atoms with E-state index in [9.17, 15) is 14.7 Å². The van der Waals surface area contributed by atoms with Gasteiger partial charge >= 0.3 is 5.97 Å². The zero-order valence-electron chi connectivity index (χ0n) is 15.6. The minimum absolute atomic E-state index is 0.117. The Bertz CT molecular complexity index is 1030. The molecule has 0 radical (unpaired) electrons. The summed E-state index contributed by atoms with van der Waals surface area (Å²) in [5.41, 5.74) is 3.73. The summed E-state index contributed by atoms with van der Waals surface area (Å²) in [6.45, 7) is 3.95. The first-order valence-electron chi connectivity index (χ1n) is 9.07. The molecule has 0 saturated heterocycles. The van der Waals surface area contributed by atoms with Crippen molar-refractivity contribution < 1.29 is 14.7 Å². The van der Waals surface area contributed by atoms with Crippen LogP contribution in [-0.2, 0) is 4.79 Å². The van der Waals surface area contributed by atoms with Crippen LogP contribution in [0.1, 0.15) is 22.3 Å². The molecule has 29 heavy (non-hydrogen) atoms. The van der Waals surface area contributed by atoms with Crippen LogP contribution in [0.3, 0.4) is 0 Å². The van der Waals surface area contributed by atoms with Crippen LogP contribution in [0, 0.1) is 0 Å². The largest absolute Gasteiger partial charge is 0.480 e. The van der Waals surface area contributed by atoms with Crippen LogP contribution < -0.4 is 5.32 Å². The van der Waals surface area contributed by atoms with Crippen LogP contribution in [-0.4, -0.2) is 23.0 Å². The lowest BCUT2D eigenvalue weighted by Gasteiger charge is -2.16. The number of benzene rings is 3. The highest BCUT2D eigenvalue weighted by Crippen LogP contribution is 2.23. The lowest BCUT2D eigenvalue weighted by molar-refractivity contribution is -0.139. The zero-order valence-corrected chi connectivity index (χ0v) is 16.4. The van der Waals surface area contributed by atoms with E-state index in [0.717, 1.165) is 16.7 Å². The molecular formula is C24H20ClNO3. The van der Waals surface area contributed by atoms with Gasteiger partial charge in [-0.1, -0.05) is 72.8 Å². The molecule has 3 rings (SSSR count). The minimum atomic E-state index is -1.11. The third-order valence-electron chi connectivity index (χ3n) is 4.54. The third kappa shape index (κ3) is 5.33. The van der Waals surface area contributed by atoms with E-state index < -0.39 is 17.9 Å². The maximum Gasteiger partial charge on any atom is 0.326 e. The molecule has 3 aromatic rings. The summed E-state index contributed by atoms with van der Waals surface area (Å²) >= 11 is 6.02. The molecule has 0 fully saturated rings. The Kier molecular flexibility index (Phi) is 6.47. The summed E-state index contributed by atoms with van der Waals surface area (Å²) in [4.78, 5) is 24.2. The maximum atomic E-state index is 12.6. The van der Waals surface area contributed by atoms with E-state index >= 15 is 0 Å². The van der Waals surface area contributed by atoms with E-state index in [4.69, 9.17) is 11.6 Å². The van der Waals surface area contributed by atoms with Crippen LogP contribution in [0.15, 0.2) is 85.4 Å². The van der Waals surface area contributed by atoms with Gasteiger partial charge < -0.3 is 10.4 Å². The first-order valence-corrected chi connectivity index (χ1v) is 9.44. The van der Waals surface area contributed by atoms with Gasteiger partial charge in [0.05, 0.1) is 0 Å². The summed E-state index contributed by atoms with van der Waals surface area (Å²) in [6, 6.07) is 22.6. The highest BCUT2D eigenvalue weighted by atomic mass is 35.5. The van der Waals surface area contributed by atoms with Crippen molar-refractivity contribution in [2.75, 3.05) is 0 Å². The predicted molar refractivity (Wildman–Crippen MR) is 116 cm³/mol. The molecule has 146 valence electrons. The van der Waals surface area contributed by atoms with Crippen LogP contribution in [0.5, 0.6) is 0 Å². The molecule has 5 heteroatoms. The van der Waals surface area contributed by atoms with Gasteiger partial charge in [-0.3, -0.25) is 4.79 Å². The maximum absolute atomic E-state index is 12.6. The average Bonchev–Trinajstić information content (AvgIpc) is 2.73. The Morgan fingerprint density at radius 1 is 0.897 bits per heavy atom. The van der Waals surface area contributed by atoms with Gasteiger partial charge in [0, 0.05) is 17.0 Å². The predicted octanol–water partition coefficient (Wildman–Crippen LogP) is 5.29. The van der Waals surface area contributed by atoms with E-state index in [-0.39, 0.29) is 6.42 Å². The van der Waals surface area contributed by atoms with E-state index in [2.05, 4.69) is 11.9 Å². The van der Waals surface area contributed by atoms with Crippen molar-refractivity contribution in [3.63, 3.8) is 0 Å². The molecule has 0 aliphatic heterocycles. The van der Waals surface area contributed by atoms with Crippen molar-refractivity contribution in [3.8, 4) is 11.1 Å². The molecular weight excluding hydrogens is 386 g/mol. The van der Waals surface area contributed by atoms with Crippen molar-refractivity contribution >= 4 is 29.1 Å². The van der Waals surface area contributed by atoms with Crippen LogP contribution in [0.4, 0.5) is 0 Å². The van der Waals surface area contributed by atoms with Crippen molar-refractivity contribution in [3.05, 3.63) is 102 Å². The van der Waals surface area contributed by atoms with Crippen molar-refractivity contribution in [2.24, 2.45) is 0 Å². The van der Waals surface area contributed by atoms with Gasteiger partial charge in [0.25, 0.3) is 5.91 Å². The SMILES string of the molecule is C=C(CC(NC(=O)c1ccc(-c2cccc(Cl)c2)cc1)C(=O)O)c1ccccc1. The standard InChI is InChI=1S/C24H20ClNO3/c1-16(17-6-3-2-4-7-17)14-22(24(28)29)26-23(27)19-12-10-18(11-13-19)20-8-5-9-21(25)15-20/h2-13,15,22H,1,14H2,(H,26,27)(H,28,29). The Morgan fingerprint density at radius 3 is 2.21 bits per heavy atom. The molecule has 0 aliphatic rings. The van der Waals surface area contributed by atoms with Gasteiger partial charge in [0.15, 0.2) is 0 Å². The fraction of sp³-hybridized carbons (Fsp3) is 0.0833. The first kappa shape index (κ1) is 20.4. The summed E-state index contributed by atoms with van der Waals surface area (Å²) in [5.74, 6) is -1.55. The fourth-order valence-corrected chi connectivity index (χ4v) is 3.15. The monoisotopic (exact) mass is 405 g/mol. The van der Waals surface area contributed by atoms with E-state index in [0.29, 0.717) is 16.2 Å². The van der Waals surface area contributed by atoms with Gasteiger partial charge in [-0.15, -0.1) is 0 Å². The van der Waals surface area contributed by atoms with Crippen LogP contribution in [0.2, 0.25) is 5.02 Å². The quantitative estimate of drug-likeness (QED) is 0.561. The number of hydrogen-bond donors (Lipinski definition) is 2. The molecule has 0 bridgehead atoms. The second-order valence-electron chi connectivity index (χ2n) is 6.63. The lowest BCUT2D eigenvalue weighted by atomic mass is 9.99. The topological polar surface area (TPSA) is 66.4 Å². The number of carbonyl (C=O) groups excluding carboxylic acids is 1. The number of carbonyl (C=O) groups is 2. The number of carboxylic acids is 1. The number of halogens is 1. The van der Waals surface area contributed by atoms with Gasteiger partial charge in [-0.05, 0) is 46.5 Å². The highest BCUT2D eigenvalue weighted by Gasteiger charge is 2.22. The molecule has 0 saturated carbocycles. The third-order valence-corrected chi connectivity index (χ3v) is 4.78. The average molecular weight is 406 g/mol. The molecule has 0 heterocycles. The Balaban J connectivity index is 1.70. The fourth-order valence-electron chi connectivity index (χ4n) is 2.96. The number of hydrogen-bond acceptors (Lipinski definition) is 2. The van der Waals surface area contributed by atoms with Crippen molar-refractivity contribution in [1.82, 2.24) is 5.32 Å². The smallest absolute Gasteiger partial charge is 0.326 e. The normalized spacial score (nSPS) is 11.5. The van der Waals surface area contributed by atoms with E-state index in [1.54, 1.807) is 30.3 Å². The first-order chi connectivity index (χ1) is 13.9. The van der Waals surface area contributed by atoms with Gasteiger partial charge in [-0.2, -0.15) is 0 Å². The van der Waals surface area contributed by atoms with E-state index in [1.807, 2.05) is 48.5 Å². The Hall–Kier alpha value is -3.37. The van der Waals surface area contributed by atoms with Crippen molar-refractivity contribution in [1.29, 1.82) is 0 Å². The molecule has 0 spiro atoms. The number of aliphatic carboxylic acids is 1. The molecule has 1 amide bonds. The minimum Gasteiger partial charge on any atom is -0.480 e. The van der Waals surface area contributed by atoms with Gasteiger partial charge in [-0.25, -0.2) is 4.79 Å². The van der Waals surface area contributed by atoms with Gasteiger partial charge in [0.2, 0.25) is 0 Å². The Labute approximate surface area is 174 Å². The van der Waals surface area contributed by atoms with Crippen molar-refractivity contribution in [2.45, 2.75) is 12.5 Å². The summed E-state index contributed by atoms with van der Waals surface area (Å²) < 4.78 is 0. The second-order valence-corrected chi connectivity index (χ2v) is 7.06. The van der Waals surface area contributed by atoms with Crippen LogP contribution in [0.25, 0.3) is 16.7 Å². The number of nitrogens with one attached hydrogen (secondary N) is 1. The summed E-state index contributed by atoms with van der Waals surface area (Å²) in [5, 5.41) is 12.7. The van der Waals surface area contributed by atoms with Gasteiger partial charge in [0.1, 0.15) is 6.04 Å². The number of rotatable bonds is 7. The molecule has 1 unspecified atom stereocenters. The molecule has 2 N–H and O–H groups in total. The molecule has 4 nitrogen and oxygen atoms in total. The molecule has 1 atom stereocenters. The second kappa shape index (κ2) is 9.22. The van der Waals surface area contributed by atoms with Crippen LogP contribution >= 0.6 is 11.6 Å². The highest BCUT2D eigenvalue weighted by molar-refractivity contribution is 6.30. The molecule has 0 aromatic heterocycles. The molecule has 0 aliphatic carbocycles. The number of amides is 1. The summed E-state index contributed by atoms with van der Waals surface area (Å²) in [7, 11) is 0. The summed E-state index contributed by atoms with van der Waals surface area (Å²) in [6.07, 6.45) is 0.117. The Morgan fingerprint density at radius 2 is 1.59 bits per heavy atom. The van der Waals surface area contributed by atoms with E-state index in [1.165, 1.54) is 0 Å². The zero-order chi connectivity index (χ0) is 20.8.